The van der Waals surface area contributed by atoms with Crippen LogP contribution in [-0.2, 0) is 13.1 Å². The van der Waals surface area contributed by atoms with Crippen molar-refractivity contribution in [2.24, 2.45) is 5.92 Å². The number of amides is 2. The van der Waals surface area contributed by atoms with Gasteiger partial charge in [-0.15, -0.1) is 24.0 Å². The molecule has 7 heteroatoms. The van der Waals surface area contributed by atoms with Crippen molar-refractivity contribution in [3.05, 3.63) is 65.5 Å². The molecule has 5 nitrogen and oxygen atoms in total. The van der Waals surface area contributed by atoms with Crippen LogP contribution in [0.25, 0.3) is 0 Å². The van der Waals surface area contributed by atoms with E-state index in [1.54, 1.807) is 12.1 Å². The first-order chi connectivity index (χ1) is 14.9. The maximum Gasteiger partial charge on any atom is 0.318 e. The van der Waals surface area contributed by atoms with Crippen molar-refractivity contribution in [1.29, 1.82) is 0 Å². The predicted octanol–water partition coefficient (Wildman–Crippen LogP) is 5.28. The number of carbonyl (C=O) groups excluding carboxylic acids is 1. The standard InChI is InChI=1S/C25H34FN3O2.HI/c1-19(2)18-31-24-10-6-20(7-11-24)16-27-25(30)29(23-12-14-28(3)15-13-23)17-21-4-8-22(26)9-5-21;/h4-11,19,23H,12-18H2,1-3H3,(H,27,30);1H. The lowest BCUT2D eigenvalue weighted by Gasteiger charge is -2.37. The number of ether oxygens (including phenoxy) is 1. The van der Waals surface area contributed by atoms with Gasteiger partial charge in [-0.25, -0.2) is 9.18 Å². The van der Waals surface area contributed by atoms with E-state index in [1.165, 1.54) is 12.1 Å². The van der Waals surface area contributed by atoms with E-state index >= 15 is 0 Å². The zero-order valence-electron chi connectivity index (χ0n) is 19.2. The average Bonchev–Trinajstić information content (AvgIpc) is 2.77. The van der Waals surface area contributed by atoms with Crippen LogP contribution >= 0.6 is 24.0 Å². The number of nitrogens with zero attached hydrogens (tertiary/aromatic N) is 2. The van der Waals surface area contributed by atoms with E-state index in [-0.39, 0.29) is 41.9 Å². The number of likely N-dealkylation sites (tertiary alicyclic amines) is 1. The monoisotopic (exact) mass is 555 g/mol. The second-order valence-electron chi connectivity index (χ2n) is 8.80. The quantitative estimate of drug-likeness (QED) is 0.451. The number of halogens is 2. The average molecular weight is 555 g/mol. The molecule has 2 aromatic rings. The highest BCUT2D eigenvalue weighted by molar-refractivity contribution is 14.0. The molecule has 3 rings (SSSR count). The van der Waals surface area contributed by atoms with Gasteiger partial charge in [0.25, 0.3) is 0 Å². The minimum atomic E-state index is -0.264. The molecule has 2 aromatic carbocycles. The van der Waals surface area contributed by atoms with Crippen LogP contribution in [0.1, 0.15) is 37.8 Å². The van der Waals surface area contributed by atoms with Crippen molar-refractivity contribution in [2.75, 3.05) is 26.7 Å². The highest BCUT2D eigenvalue weighted by Crippen LogP contribution is 2.19. The summed E-state index contributed by atoms with van der Waals surface area (Å²) in [4.78, 5) is 17.3. The van der Waals surface area contributed by atoms with E-state index in [1.807, 2.05) is 29.2 Å². The SMILES string of the molecule is CC(C)COc1ccc(CNC(=O)N(Cc2ccc(F)cc2)C2CCN(C)CC2)cc1.I. The number of piperidine rings is 1. The Morgan fingerprint density at radius 1 is 1.09 bits per heavy atom. The minimum Gasteiger partial charge on any atom is -0.493 e. The highest BCUT2D eigenvalue weighted by Gasteiger charge is 2.27. The van der Waals surface area contributed by atoms with E-state index in [4.69, 9.17) is 4.74 Å². The molecule has 0 spiro atoms. The molecule has 1 fully saturated rings. The molecule has 32 heavy (non-hydrogen) atoms. The molecule has 1 saturated heterocycles. The number of urea groups is 1. The van der Waals surface area contributed by atoms with Gasteiger partial charge in [-0.05, 0) is 74.3 Å². The van der Waals surface area contributed by atoms with Gasteiger partial charge >= 0.3 is 6.03 Å². The summed E-state index contributed by atoms with van der Waals surface area (Å²) in [5, 5.41) is 3.07. The molecule has 0 radical (unpaired) electrons. The number of hydrogen-bond donors (Lipinski definition) is 1. The summed E-state index contributed by atoms with van der Waals surface area (Å²) >= 11 is 0. The number of hydrogen-bond acceptors (Lipinski definition) is 3. The van der Waals surface area contributed by atoms with E-state index in [0.29, 0.717) is 25.6 Å². The van der Waals surface area contributed by atoms with Gasteiger partial charge in [0, 0.05) is 19.1 Å². The third-order valence-corrected chi connectivity index (χ3v) is 5.61. The third kappa shape index (κ3) is 8.24. The predicted molar refractivity (Wildman–Crippen MR) is 137 cm³/mol. The Hall–Kier alpha value is -1.87. The van der Waals surface area contributed by atoms with Gasteiger partial charge in [0.2, 0.25) is 0 Å². The van der Waals surface area contributed by atoms with Crippen LogP contribution in [0.5, 0.6) is 5.75 Å². The Balaban J connectivity index is 0.00000363. The first-order valence-electron chi connectivity index (χ1n) is 11.1. The summed E-state index contributed by atoms with van der Waals surface area (Å²) < 4.78 is 19.0. The molecule has 0 aromatic heterocycles. The minimum absolute atomic E-state index is 0. The molecule has 1 N–H and O–H groups in total. The zero-order valence-corrected chi connectivity index (χ0v) is 21.6. The summed E-state index contributed by atoms with van der Waals surface area (Å²) in [7, 11) is 2.11. The van der Waals surface area contributed by atoms with Gasteiger partial charge in [-0.1, -0.05) is 38.1 Å². The summed E-state index contributed by atoms with van der Waals surface area (Å²) in [5.41, 5.74) is 1.96. The molecule has 0 aliphatic carbocycles. The van der Waals surface area contributed by atoms with Crippen molar-refractivity contribution in [3.8, 4) is 5.75 Å². The maximum absolute atomic E-state index is 13.3. The van der Waals surface area contributed by atoms with Crippen molar-refractivity contribution in [1.82, 2.24) is 15.1 Å². The Kier molecular flexibility index (Phi) is 10.7. The molecule has 1 heterocycles. The van der Waals surface area contributed by atoms with Gasteiger partial charge in [0.1, 0.15) is 11.6 Å². The van der Waals surface area contributed by atoms with E-state index in [2.05, 4.69) is 31.1 Å². The fraction of sp³-hybridized carbons (Fsp3) is 0.480. The third-order valence-electron chi connectivity index (χ3n) is 5.61. The highest BCUT2D eigenvalue weighted by atomic mass is 127. The van der Waals surface area contributed by atoms with E-state index < -0.39 is 0 Å². The van der Waals surface area contributed by atoms with Gasteiger partial charge in [-0.3, -0.25) is 0 Å². The normalized spacial score (nSPS) is 14.7. The summed E-state index contributed by atoms with van der Waals surface area (Å²) in [5.74, 6) is 1.05. The summed E-state index contributed by atoms with van der Waals surface area (Å²) in [6.45, 7) is 7.78. The molecule has 0 bridgehead atoms. The van der Waals surface area contributed by atoms with Crippen LogP contribution < -0.4 is 10.1 Å². The first kappa shape index (κ1) is 26.4. The van der Waals surface area contributed by atoms with Crippen LogP contribution in [0.2, 0.25) is 0 Å². The van der Waals surface area contributed by atoms with Crippen LogP contribution in [0.15, 0.2) is 48.5 Å². The number of rotatable bonds is 8. The Morgan fingerprint density at radius 2 is 1.69 bits per heavy atom. The Morgan fingerprint density at radius 3 is 2.28 bits per heavy atom. The topological polar surface area (TPSA) is 44.8 Å². The molecule has 0 saturated carbocycles. The second kappa shape index (κ2) is 13.0. The van der Waals surface area contributed by atoms with Crippen LogP contribution in [0, 0.1) is 11.7 Å². The lowest BCUT2D eigenvalue weighted by Crippen LogP contribution is -2.49. The Bertz CT molecular complexity index is 822. The van der Waals surface area contributed by atoms with Gasteiger partial charge < -0.3 is 19.9 Å². The number of carbonyl (C=O) groups is 1. The molecule has 0 unspecified atom stereocenters. The number of nitrogens with one attached hydrogen (secondary N) is 1. The van der Waals surface area contributed by atoms with Crippen molar-refractivity contribution in [2.45, 2.75) is 45.8 Å². The van der Waals surface area contributed by atoms with Crippen LogP contribution in [0.4, 0.5) is 9.18 Å². The molecule has 1 aliphatic heterocycles. The molecular weight excluding hydrogens is 520 g/mol. The van der Waals surface area contributed by atoms with Crippen molar-refractivity contribution < 1.29 is 13.9 Å². The van der Waals surface area contributed by atoms with E-state index in [0.717, 1.165) is 42.8 Å². The number of benzene rings is 2. The molecule has 2 amide bonds. The molecular formula is C25H35FIN3O2. The van der Waals surface area contributed by atoms with Gasteiger partial charge in [-0.2, -0.15) is 0 Å². The molecule has 0 atom stereocenters. The van der Waals surface area contributed by atoms with Crippen molar-refractivity contribution in [3.63, 3.8) is 0 Å². The molecule has 176 valence electrons. The fourth-order valence-electron chi connectivity index (χ4n) is 3.71. The first-order valence-corrected chi connectivity index (χ1v) is 11.1. The van der Waals surface area contributed by atoms with Gasteiger partial charge in [0.15, 0.2) is 0 Å². The summed E-state index contributed by atoms with van der Waals surface area (Å²) in [6.07, 6.45) is 1.88. The van der Waals surface area contributed by atoms with Crippen molar-refractivity contribution >= 4 is 30.0 Å². The molecule has 1 aliphatic rings. The second-order valence-corrected chi connectivity index (χ2v) is 8.80. The van der Waals surface area contributed by atoms with Crippen LogP contribution in [0.3, 0.4) is 0 Å². The lowest BCUT2D eigenvalue weighted by atomic mass is 10.0. The Labute approximate surface area is 208 Å². The van der Waals surface area contributed by atoms with E-state index in [9.17, 15) is 9.18 Å². The maximum atomic E-state index is 13.3. The van der Waals surface area contributed by atoms with Crippen LogP contribution in [-0.4, -0.2) is 48.6 Å². The largest absolute Gasteiger partial charge is 0.493 e. The van der Waals surface area contributed by atoms with Gasteiger partial charge in [0.05, 0.1) is 6.61 Å². The lowest BCUT2D eigenvalue weighted by molar-refractivity contribution is 0.127. The zero-order chi connectivity index (χ0) is 22.2. The summed E-state index contributed by atoms with van der Waals surface area (Å²) in [6, 6.07) is 14.3. The smallest absolute Gasteiger partial charge is 0.318 e. The fourth-order valence-corrected chi connectivity index (χ4v) is 3.71.